The van der Waals surface area contributed by atoms with E-state index in [-0.39, 0.29) is 11.8 Å². The third kappa shape index (κ3) is 4.75. The lowest BCUT2D eigenvalue weighted by Crippen LogP contribution is -2.36. The minimum absolute atomic E-state index is 0.0500. The van der Waals surface area contributed by atoms with Crippen molar-refractivity contribution in [1.29, 1.82) is 0 Å². The first-order valence-corrected chi connectivity index (χ1v) is 11.5. The molecule has 6 heteroatoms. The Kier molecular flexibility index (Phi) is 6.72. The number of rotatable bonds is 5. The van der Waals surface area contributed by atoms with Crippen LogP contribution in [0.4, 0.5) is 0 Å². The van der Waals surface area contributed by atoms with Crippen LogP contribution in [-0.4, -0.2) is 49.5 Å². The number of benzene rings is 1. The Morgan fingerprint density at radius 1 is 1.28 bits per heavy atom. The Balaban J connectivity index is 1.56. The van der Waals surface area contributed by atoms with Gasteiger partial charge in [-0.25, -0.2) is 4.99 Å². The van der Waals surface area contributed by atoms with E-state index in [9.17, 15) is 4.79 Å². The first-order valence-electron chi connectivity index (χ1n) is 10.6. The molecule has 1 aliphatic carbocycles. The number of ether oxygens (including phenoxy) is 1. The highest BCUT2D eigenvalue weighted by Gasteiger charge is 2.28. The molecule has 0 spiro atoms. The van der Waals surface area contributed by atoms with Gasteiger partial charge in [0.15, 0.2) is 0 Å². The summed E-state index contributed by atoms with van der Waals surface area (Å²) in [4.78, 5) is 22.6. The summed E-state index contributed by atoms with van der Waals surface area (Å²) in [6, 6.07) is 8.53. The minimum atomic E-state index is -0.177. The lowest BCUT2D eigenvalue weighted by Gasteiger charge is -2.30. The maximum absolute atomic E-state index is 12.6. The molecule has 2 aliphatic heterocycles. The molecule has 0 radical (unpaired) electrons. The van der Waals surface area contributed by atoms with Crippen LogP contribution in [-0.2, 0) is 9.53 Å². The van der Waals surface area contributed by atoms with Crippen LogP contribution in [0.3, 0.4) is 0 Å². The minimum Gasteiger partial charge on any atom is -0.380 e. The summed E-state index contributed by atoms with van der Waals surface area (Å²) < 4.78 is 5.32. The average Bonchev–Trinajstić information content (AvgIpc) is 2.93. The maximum atomic E-state index is 12.6. The number of amides is 1. The predicted molar refractivity (Wildman–Crippen MR) is 118 cm³/mol. The van der Waals surface area contributed by atoms with Crippen molar-refractivity contribution >= 4 is 23.5 Å². The molecule has 1 aromatic rings. The quantitative estimate of drug-likeness (QED) is 0.745. The number of likely N-dealkylation sites (tertiary alicyclic amines) is 1. The van der Waals surface area contributed by atoms with Crippen LogP contribution in [0.15, 0.2) is 56.9 Å². The summed E-state index contributed by atoms with van der Waals surface area (Å²) in [5, 5.41) is 2.99. The van der Waals surface area contributed by atoms with Gasteiger partial charge in [-0.2, -0.15) is 0 Å². The average molecular weight is 412 g/mol. The number of carbonyl (C=O) groups is 1. The van der Waals surface area contributed by atoms with Crippen molar-refractivity contribution in [1.82, 2.24) is 10.2 Å². The summed E-state index contributed by atoms with van der Waals surface area (Å²) in [7, 11) is 0. The molecule has 29 heavy (non-hydrogen) atoms. The standard InChI is InChI=1S/C23H29N3O2S/c1-2-28-15-12-24-23(27)17-10-11-21-19(16-17)25-22(26-13-6-3-7-14-26)18-8-4-5-9-20(18)29-21/h4-5,8-11,17H,2-3,6-7,12-16H2,1H3,(H,24,27). The van der Waals surface area contributed by atoms with Gasteiger partial charge in [-0.15, -0.1) is 0 Å². The predicted octanol–water partition coefficient (Wildman–Crippen LogP) is 3.97. The second kappa shape index (κ2) is 9.63. The summed E-state index contributed by atoms with van der Waals surface area (Å²) >= 11 is 1.77. The Labute approximate surface area is 177 Å². The molecule has 4 rings (SSSR count). The molecule has 1 N–H and O–H groups in total. The van der Waals surface area contributed by atoms with Crippen LogP contribution in [0.25, 0.3) is 0 Å². The van der Waals surface area contributed by atoms with E-state index in [0.717, 1.165) is 29.5 Å². The number of nitrogens with one attached hydrogen (secondary N) is 1. The van der Waals surface area contributed by atoms with E-state index in [0.29, 0.717) is 26.2 Å². The van der Waals surface area contributed by atoms with Crippen LogP contribution in [0.2, 0.25) is 0 Å². The van der Waals surface area contributed by atoms with E-state index in [1.165, 1.54) is 29.7 Å². The molecule has 1 amide bonds. The van der Waals surface area contributed by atoms with E-state index >= 15 is 0 Å². The Bertz CT molecular complexity index is 840. The largest absolute Gasteiger partial charge is 0.380 e. The SMILES string of the molecule is CCOCCNC(=O)C1C=CC2=C(C1)N=C(N1CCCCC1)c1ccccc1S2. The topological polar surface area (TPSA) is 53.9 Å². The van der Waals surface area contributed by atoms with Crippen molar-refractivity contribution in [2.75, 3.05) is 32.8 Å². The molecule has 0 bridgehead atoms. The van der Waals surface area contributed by atoms with Gasteiger partial charge in [0.25, 0.3) is 0 Å². The van der Waals surface area contributed by atoms with Gasteiger partial charge in [0.05, 0.1) is 18.2 Å². The molecule has 1 saturated heterocycles. The number of allylic oxidation sites excluding steroid dienone is 2. The highest BCUT2D eigenvalue weighted by Crippen LogP contribution is 2.41. The smallest absolute Gasteiger partial charge is 0.227 e. The number of nitrogens with zero attached hydrogens (tertiary/aromatic N) is 2. The molecule has 154 valence electrons. The molecular weight excluding hydrogens is 382 g/mol. The molecule has 0 aromatic heterocycles. The number of hydrogen-bond acceptors (Lipinski definition) is 5. The monoisotopic (exact) mass is 411 g/mol. The normalized spacial score (nSPS) is 21.2. The third-order valence-corrected chi connectivity index (χ3v) is 6.68. The van der Waals surface area contributed by atoms with Gasteiger partial charge in [0.1, 0.15) is 5.84 Å². The molecule has 1 fully saturated rings. The summed E-state index contributed by atoms with van der Waals surface area (Å²) in [6.45, 7) is 5.83. The first kappa shape index (κ1) is 20.2. The highest BCUT2D eigenvalue weighted by molar-refractivity contribution is 8.03. The van der Waals surface area contributed by atoms with Crippen molar-refractivity contribution in [3.8, 4) is 0 Å². The molecule has 1 atom stereocenters. The van der Waals surface area contributed by atoms with E-state index in [1.54, 1.807) is 11.8 Å². The molecule has 1 unspecified atom stereocenters. The maximum Gasteiger partial charge on any atom is 0.227 e. The Morgan fingerprint density at radius 3 is 2.93 bits per heavy atom. The van der Waals surface area contributed by atoms with Crippen molar-refractivity contribution in [2.45, 2.75) is 37.5 Å². The second-order valence-electron chi connectivity index (χ2n) is 7.55. The van der Waals surface area contributed by atoms with Gasteiger partial charge < -0.3 is 15.0 Å². The number of fused-ring (bicyclic) bond motifs is 1. The van der Waals surface area contributed by atoms with Crippen molar-refractivity contribution in [3.05, 3.63) is 52.6 Å². The lowest BCUT2D eigenvalue weighted by molar-refractivity contribution is -0.123. The number of thioether (sulfide) groups is 1. The summed E-state index contributed by atoms with van der Waals surface area (Å²) in [6.07, 6.45) is 8.46. The number of hydrogen-bond donors (Lipinski definition) is 1. The van der Waals surface area contributed by atoms with Crippen molar-refractivity contribution in [3.63, 3.8) is 0 Å². The van der Waals surface area contributed by atoms with Crippen LogP contribution in [0.5, 0.6) is 0 Å². The number of piperidine rings is 1. The fourth-order valence-electron chi connectivity index (χ4n) is 3.97. The van der Waals surface area contributed by atoms with Gasteiger partial charge in [0, 0.05) is 48.0 Å². The van der Waals surface area contributed by atoms with Gasteiger partial charge >= 0.3 is 0 Å². The number of amidine groups is 1. The molecular formula is C23H29N3O2S. The summed E-state index contributed by atoms with van der Waals surface area (Å²) in [5.41, 5.74) is 2.24. The van der Waals surface area contributed by atoms with Crippen LogP contribution >= 0.6 is 11.8 Å². The number of carbonyl (C=O) groups excluding carboxylic acids is 1. The van der Waals surface area contributed by atoms with Gasteiger partial charge in [0.2, 0.25) is 5.91 Å². The fraction of sp³-hybridized carbons (Fsp3) is 0.478. The Morgan fingerprint density at radius 2 is 2.10 bits per heavy atom. The molecule has 3 aliphatic rings. The van der Waals surface area contributed by atoms with Gasteiger partial charge in [-0.3, -0.25) is 4.79 Å². The Hall–Kier alpha value is -2.05. The molecule has 0 saturated carbocycles. The zero-order valence-corrected chi connectivity index (χ0v) is 17.8. The van der Waals surface area contributed by atoms with Crippen LogP contribution in [0, 0.1) is 5.92 Å². The van der Waals surface area contributed by atoms with Crippen LogP contribution in [0.1, 0.15) is 38.2 Å². The number of aliphatic imine (C=N–C) groups is 1. The van der Waals surface area contributed by atoms with Gasteiger partial charge in [-0.1, -0.05) is 36.0 Å². The van der Waals surface area contributed by atoms with E-state index in [2.05, 4.69) is 40.6 Å². The second-order valence-corrected chi connectivity index (χ2v) is 8.63. The molecule has 5 nitrogen and oxygen atoms in total. The fourth-order valence-corrected chi connectivity index (χ4v) is 5.01. The van der Waals surface area contributed by atoms with E-state index < -0.39 is 0 Å². The van der Waals surface area contributed by atoms with E-state index in [4.69, 9.17) is 9.73 Å². The zero-order chi connectivity index (χ0) is 20.1. The van der Waals surface area contributed by atoms with Gasteiger partial charge in [-0.05, 0) is 38.3 Å². The summed E-state index contributed by atoms with van der Waals surface area (Å²) in [5.74, 6) is 0.945. The lowest BCUT2D eigenvalue weighted by atomic mass is 9.97. The van der Waals surface area contributed by atoms with Crippen LogP contribution < -0.4 is 5.32 Å². The van der Waals surface area contributed by atoms with E-state index in [1.807, 2.05) is 13.0 Å². The highest BCUT2D eigenvalue weighted by atomic mass is 32.2. The van der Waals surface area contributed by atoms with Crippen molar-refractivity contribution < 1.29 is 9.53 Å². The molecule has 2 heterocycles. The third-order valence-electron chi connectivity index (χ3n) is 5.51. The zero-order valence-electron chi connectivity index (χ0n) is 17.0. The molecule has 1 aromatic carbocycles. The van der Waals surface area contributed by atoms with Crippen molar-refractivity contribution in [2.24, 2.45) is 10.9 Å². The first-order chi connectivity index (χ1) is 14.3.